The van der Waals surface area contributed by atoms with Gasteiger partial charge in [-0.3, -0.25) is 9.78 Å². The third-order valence-corrected chi connectivity index (χ3v) is 5.43. The monoisotopic (exact) mass is 401 g/mol. The van der Waals surface area contributed by atoms with Crippen molar-refractivity contribution in [2.75, 3.05) is 13.1 Å². The molecule has 0 saturated carbocycles. The molecule has 0 spiro atoms. The highest BCUT2D eigenvalue weighted by Crippen LogP contribution is 2.28. The van der Waals surface area contributed by atoms with E-state index in [1.807, 2.05) is 11.1 Å². The van der Waals surface area contributed by atoms with Crippen LogP contribution in [-0.2, 0) is 9.59 Å². The second-order valence-corrected chi connectivity index (χ2v) is 7.91. The number of amides is 1. The number of likely N-dealkylation sites (tertiary alicyclic amines) is 1. The van der Waals surface area contributed by atoms with Gasteiger partial charge in [0.2, 0.25) is 5.91 Å². The number of hydrogen-bond donors (Lipinski definition) is 0. The molecule has 3 heterocycles. The maximum atomic E-state index is 13.1. The number of ketones is 1. The number of carbonyl (C=O) groups is 2. The van der Waals surface area contributed by atoms with E-state index < -0.39 is 5.82 Å². The molecule has 2 aromatic heterocycles. The summed E-state index contributed by atoms with van der Waals surface area (Å²) in [6.07, 6.45) is 7.87. The van der Waals surface area contributed by atoms with Gasteiger partial charge in [-0.2, -0.15) is 0 Å². The van der Waals surface area contributed by atoms with E-state index in [0.29, 0.717) is 37.3 Å². The molecule has 1 aliphatic heterocycles. The van der Waals surface area contributed by atoms with Crippen LogP contribution in [0.25, 0.3) is 11.4 Å². The minimum atomic E-state index is -0.390. The van der Waals surface area contributed by atoms with Gasteiger partial charge in [0.25, 0.3) is 0 Å². The molecule has 0 aromatic carbocycles. The molecule has 156 valence electrons. The van der Waals surface area contributed by atoms with Gasteiger partial charge in [-0.25, -0.2) is 9.07 Å². The van der Waals surface area contributed by atoms with Gasteiger partial charge >= 0.3 is 0 Å². The van der Waals surface area contributed by atoms with Gasteiger partial charge in [0.1, 0.15) is 17.3 Å². The summed E-state index contributed by atoms with van der Waals surface area (Å²) in [6, 6.07) is 2.99. The fourth-order valence-corrected chi connectivity index (χ4v) is 3.74. The van der Waals surface area contributed by atoms with E-state index in [1.165, 1.54) is 6.07 Å². The topological polar surface area (TPSA) is 81.0 Å². The summed E-state index contributed by atoms with van der Waals surface area (Å²) in [4.78, 5) is 29.4. The molecular weight excluding hydrogens is 373 g/mol. The highest BCUT2D eigenvalue weighted by atomic mass is 19.1. The summed E-state index contributed by atoms with van der Waals surface area (Å²) in [6.45, 7) is 5.04. The molecular formula is C21H28FN5O2. The molecule has 1 amide bonds. The number of nitrogens with zero attached hydrogens (tertiary/aromatic N) is 5. The van der Waals surface area contributed by atoms with Crippen molar-refractivity contribution >= 4 is 11.7 Å². The molecule has 0 N–H and O–H groups in total. The Labute approximate surface area is 170 Å². The number of hydrogen-bond acceptors (Lipinski definition) is 5. The van der Waals surface area contributed by atoms with Crippen LogP contribution in [0.4, 0.5) is 4.39 Å². The lowest BCUT2D eigenvalue weighted by atomic mass is 10.1. The predicted octanol–water partition coefficient (Wildman–Crippen LogP) is 3.43. The van der Waals surface area contributed by atoms with Crippen molar-refractivity contribution in [1.29, 1.82) is 0 Å². The Morgan fingerprint density at radius 2 is 1.86 bits per heavy atom. The van der Waals surface area contributed by atoms with Crippen molar-refractivity contribution in [1.82, 2.24) is 24.9 Å². The average molecular weight is 401 g/mol. The van der Waals surface area contributed by atoms with E-state index in [1.54, 1.807) is 17.7 Å². The second kappa shape index (κ2) is 9.71. The maximum Gasteiger partial charge on any atom is 0.222 e. The number of halogens is 1. The SMILES string of the molecule is CC(=O)CCCCCCC(=O)N1C[C@@H](C)[C@H](n2cc(-c3ccc(F)cn3)nn2)C1. The van der Waals surface area contributed by atoms with Crippen molar-refractivity contribution in [3.63, 3.8) is 0 Å². The fraction of sp³-hybridized carbons (Fsp3) is 0.571. The molecule has 0 bridgehead atoms. The normalized spacial score (nSPS) is 18.9. The van der Waals surface area contributed by atoms with Crippen molar-refractivity contribution < 1.29 is 14.0 Å². The van der Waals surface area contributed by atoms with Gasteiger partial charge in [-0.15, -0.1) is 5.10 Å². The van der Waals surface area contributed by atoms with Crippen LogP contribution in [0, 0.1) is 11.7 Å². The van der Waals surface area contributed by atoms with Gasteiger partial charge in [-0.1, -0.05) is 25.0 Å². The molecule has 2 atom stereocenters. The lowest BCUT2D eigenvalue weighted by Gasteiger charge is -2.16. The first-order chi connectivity index (χ1) is 13.9. The number of unbranched alkanes of at least 4 members (excludes halogenated alkanes) is 3. The van der Waals surface area contributed by atoms with Crippen molar-refractivity contribution in [2.45, 2.75) is 58.4 Å². The Morgan fingerprint density at radius 1 is 1.10 bits per heavy atom. The summed E-state index contributed by atoms with van der Waals surface area (Å²) in [5, 5.41) is 8.37. The van der Waals surface area contributed by atoms with E-state index in [9.17, 15) is 14.0 Å². The number of pyridine rings is 1. The van der Waals surface area contributed by atoms with Crippen LogP contribution in [0.15, 0.2) is 24.5 Å². The average Bonchev–Trinajstić information content (AvgIpc) is 3.31. The van der Waals surface area contributed by atoms with E-state index >= 15 is 0 Å². The van der Waals surface area contributed by atoms with Crippen LogP contribution in [-0.4, -0.2) is 49.7 Å². The lowest BCUT2D eigenvalue weighted by Crippen LogP contribution is -2.29. The van der Waals surface area contributed by atoms with Crippen molar-refractivity contribution in [3.05, 3.63) is 30.3 Å². The van der Waals surface area contributed by atoms with Gasteiger partial charge in [0, 0.05) is 25.9 Å². The summed E-state index contributed by atoms with van der Waals surface area (Å²) >= 11 is 0. The number of aromatic nitrogens is 4. The lowest BCUT2D eigenvalue weighted by molar-refractivity contribution is -0.130. The highest BCUT2D eigenvalue weighted by Gasteiger charge is 2.34. The summed E-state index contributed by atoms with van der Waals surface area (Å²) in [5.41, 5.74) is 1.16. The van der Waals surface area contributed by atoms with Crippen LogP contribution >= 0.6 is 0 Å². The standard InChI is InChI=1S/C21H28FN5O2/c1-15-12-26(21(29)8-6-4-3-5-7-16(2)28)14-20(15)27-13-19(24-25-27)18-10-9-17(22)11-23-18/h9-11,13,15,20H,3-8,12,14H2,1-2H3/t15-,20-/m1/s1. The van der Waals surface area contributed by atoms with E-state index in [-0.39, 0.29) is 23.7 Å². The molecule has 3 rings (SSSR count). The molecule has 0 unspecified atom stereocenters. The Balaban J connectivity index is 1.50. The van der Waals surface area contributed by atoms with Crippen molar-refractivity contribution in [2.24, 2.45) is 5.92 Å². The maximum absolute atomic E-state index is 13.1. The van der Waals surface area contributed by atoms with Gasteiger partial charge < -0.3 is 9.69 Å². The molecule has 1 fully saturated rings. The zero-order chi connectivity index (χ0) is 20.8. The molecule has 0 aliphatic carbocycles. The van der Waals surface area contributed by atoms with Crippen LogP contribution in [0.5, 0.6) is 0 Å². The number of Topliss-reactive ketones (excluding diaryl/α,β-unsaturated/α-hetero) is 1. The molecule has 29 heavy (non-hydrogen) atoms. The first-order valence-corrected chi connectivity index (χ1v) is 10.2. The first kappa shape index (κ1) is 21.1. The van der Waals surface area contributed by atoms with Gasteiger partial charge in [0.05, 0.1) is 24.1 Å². The van der Waals surface area contributed by atoms with E-state index in [4.69, 9.17) is 0 Å². The molecule has 7 nitrogen and oxygen atoms in total. The van der Waals surface area contributed by atoms with Crippen LogP contribution in [0.2, 0.25) is 0 Å². The summed E-state index contributed by atoms with van der Waals surface area (Å²) in [5.74, 6) is 0.278. The largest absolute Gasteiger partial charge is 0.340 e. The molecule has 8 heteroatoms. The zero-order valence-corrected chi connectivity index (χ0v) is 17.1. The number of carbonyl (C=O) groups excluding carboxylic acids is 2. The first-order valence-electron chi connectivity index (χ1n) is 10.2. The minimum absolute atomic E-state index is 0.0659. The Kier molecular flexibility index (Phi) is 7.06. The third-order valence-electron chi connectivity index (χ3n) is 5.43. The zero-order valence-electron chi connectivity index (χ0n) is 17.1. The van der Waals surface area contributed by atoms with E-state index in [0.717, 1.165) is 31.9 Å². The molecule has 0 radical (unpaired) electrons. The van der Waals surface area contributed by atoms with Gasteiger partial charge in [0.15, 0.2) is 0 Å². The third kappa shape index (κ3) is 5.68. The van der Waals surface area contributed by atoms with Crippen LogP contribution in [0.1, 0.15) is 58.4 Å². The Morgan fingerprint density at radius 3 is 2.55 bits per heavy atom. The van der Waals surface area contributed by atoms with E-state index in [2.05, 4.69) is 22.2 Å². The smallest absolute Gasteiger partial charge is 0.222 e. The number of rotatable bonds is 9. The molecule has 2 aromatic rings. The quantitative estimate of drug-likeness (QED) is 0.602. The predicted molar refractivity (Wildman–Crippen MR) is 106 cm³/mol. The van der Waals surface area contributed by atoms with Crippen LogP contribution in [0.3, 0.4) is 0 Å². The minimum Gasteiger partial charge on any atom is -0.340 e. The summed E-state index contributed by atoms with van der Waals surface area (Å²) in [7, 11) is 0. The summed E-state index contributed by atoms with van der Waals surface area (Å²) < 4.78 is 14.8. The van der Waals surface area contributed by atoms with Crippen LogP contribution < -0.4 is 0 Å². The molecule has 1 aliphatic rings. The van der Waals surface area contributed by atoms with Gasteiger partial charge in [-0.05, 0) is 37.8 Å². The second-order valence-electron chi connectivity index (χ2n) is 7.91. The highest BCUT2D eigenvalue weighted by molar-refractivity contribution is 5.76. The molecule has 1 saturated heterocycles. The van der Waals surface area contributed by atoms with Crippen molar-refractivity contribution in [3.8, 4) is 11.4 Å². The fourth-order valence-electron chi connectivity index (χ4n) is 3.74. The Hall–Kier alpha value is -2.64. The Bertz CT molecular complexity index is 836.